The van der Waals surface area contributed by atoms with Gasteiger partial charge in [0.2, 0.25) is 0 Å². The number of nitrogens with one attached hydrogen (secondary N) is 1. The maximum atomic E-state index is 5.11. The molecule has 2 aliphatic rings. The Morgan fingerprint density at radius 2 is 0.758 bits per heavy atom. The minimum absolute atomic E-state index is 0.726. The highest BCUT2D eigenvalue weighted by Crippen LogP contribution is 2.53. The Kier molecular flexibility index (Phi) is 12.3. The van der Waals surface area contributed by atoms with Crippen LogP contribution in [-0.4, -0.2) is 29.5 Å². The number of para-hydroxylation sites is 4. The Balaban J connectivity index is 0.000000112. The number of H-pyrrole nitrogens is 1. The highest BCUT2D eigenvalue weighted by molar-refractivity contribution is 9.10. The lowest BCUT2D eigenvalue weighted by Crippen LogP contribution is -1.97. The standard InChI is InChI=1S/C42H25N3.C22H13N.C20H13BrN2/c1-2-10-27(11-3-1)40-34-15-4-6-18-36(34)43-42(44-40)28-20-22-29(23-21-28)45-37-19-7-5-14-30(37)33-25-24-32-31-16-8-12-26-13-9-17-35(38(26)31)39(32)41(33)45;1-2-10-19-14(7-1)17-12-11-16-15-8-3-5-13-6-4-9-18(20(13)15)21(16)22(17)23-19;21-16-12-10-15(11-13-16)20-22-18-9-5-4-8-17(18)19(23-20)14-6-2-1-3-7-14/h1-25H;1-12,23H;1-13H. The minimum Gasteiger partial charge on any atom is -0.354 e. The van der Waals surface area contributed by atoms with Gasteiger partial charge in [-0.15, -0.1) is 0 Å². The summed E-state index contributed by atoms with van der Waals surface area (Å²) in [5, 5.41) is 12.6. The molecular formula is C84H51BrN6. The zero-order valence-electron chi connectivity index (χ0n) is 49.0. The van der Waals surface area contributed by atoms with Gasteiger partial charge in [-0.05, 0) is 116 Å². The Morgan fingerprint density at radius 1 is 0.297 bits per heavy atom. The van der Waals surface area contributed by atoms with Crippen LogP contribution in [0.15, 0.2) is 308 Å². The van der Waals surface area contributed by atoms with E-state index in [1.165, 1.54) is 110 Å². The third kappa shape index (κ3) is 8.61. The zero-order valence-corrected chi connectivity index (χ0v) is 50.6. The van der Waals surface area contributed by atoms with Crippen molar-refractivity contribution < 1.29 is 0 Å². The minimum atomic E-state index is 0.726. The molecule has 0 saturated carbocycles. The van der Waals surface area contributed by atoms with E-state index in [1.807, 2.05) is 78.9 Å². The topological polar surface area (TPSA) is 72.3 Å². The van der Waals surface area contributed by atoms with Gasteiger partial charge in [0.25, 0.3) is 0 Å². The number of benzene rings is 14. The first kappa shape index (κ1) is 52.5. The van der Waals surface area contributed by atoms with Crippen molar-refractivity contribution in [3.8, 4) is 95.5 Å². The van der Waals surface area contributed by atoms with Gasteiger partial charge in [-0.25, -0.2) is 19.9 Å². The summed E-state index contributed by atoms with van der Waals surface area (Å²) < 4.78 is 3.49. The summed E-state index contributed by atoms with van der Waals surface area (Å²) in [4.78, 5) is 23.3. The molecule has 7 heteroatoms. The molecule has 0 aliphatic heterocycles. The first-order chi connectivity index (χ1) is 45.1. The normalized spacial score (nSPS) is 11.8. The van der Waals surface area contributed by atoms with Crippen molar-refractivity contribution >= 4 is 103 Å². The van der Waals surface area contributed by atoms with Gasteiger partial charge < -0.3 is 9.55 Å². The molecule has 4 heterocycles. The summed E-state index contributed by atoms with van der Waals surface area (Å²) in [6.07, 6.45) is 0. The second-order valence-electron chi connectivity index (χ2n) is 23.3. The van der Waals surface area contributed by atoms with Crippen LogP contribution in [0.5, 0.6) is 0 Å². The molecule has 0 saturated heterocycles. The fourth-order valence-corrected chi connectivity index (χ4v) is 14.5. The number of rotatable bonds is 5. The molecule has 0 bridgehead atoms. The van der Waals surface area contributed by atoms with E-state index < -0.39 is 0 Å². The highest BCUT2D eigenvalue weighted by atomic mass is 79.9. The van der Waals surface area contributed by atoms with Crippen molar-refractivity contribution in [2.75, 3.05) is 0 Å². The lowest BCUT2D eigenvalue weighted by atomic mass is 10.0. The van der Waals surface area contributed by atoms with Crippen molar-refractivity contribution in [2.45, 2.75) is 0 Å². The third-order valence-electron chi connectivity index (χ3n) is 18.2. The van der Waals surface area contributed by atoms with E-state index in [4.69, 9.17) is 19.9 Å². The van der Waals surface area contributed by atoms with Crippen LogP contribution in [0.2, 0.25) is 0 Å². The maximum Gasteiger partial charge on any atom is 0.160 e. The van der Waals surface area contributed by atoms with Gasteiger partial charge in [0.05, 0.1) is 39.0 Å². The Bertz CT molecular complexity index is 5940. The van der Waals surface area contributed by atoms with Gasteiger partial charge in [-0.2, -0.15) is 0 Å². The van der Waals surface area contributed by atoms with Crippen molar-refractivity contribution in [3.05, 3.63) is 308 Å². The summed E-state index contributed by atoms with van der Waals surface area (Å²) >= 11 is 3.47. The largest absolute Gasteiger partial charge is 0.354 e. The Labute approximate surface area is 532 Å². The average molecular weight is 1220 g/mol. The Hall–Kier alpha value is -11.6. The van der Waals surface area contributed by atoms with E-state index in [0.717, 1.165) is 77.3 Å². The lowest BCUT2D eigenvalue weighted by molar-refractivity contribution is 1.17. The molecule has 18 aromatic rings. The molecule has 14 aromatic carbocycles. The van der Waals surface area contributed by atoms with Crippen molar-refractivity contribution in [3.63, 3.8) is 0 Å². The van der Waals surface area contributed by atoms with E-state index in [1.54, 1.807) is 0 Å². The van der Waals surface area contributed by atoms with E-state index in [-0.39, 0.29) is 0 Å². The van der Waals surface area contributed by atoms with E-state index in [2.05, 4.69) is 250 Å². The molecular weight excluding hydrogens is 1170 g/mol. The second-order valence-corrected chi connectivity index (χ2v) is 24.3. The number of halogens is 1. The molecule has 4 aromatic heterocycles. The average Bonchev–Trinajstić information content (AvgIpc) is 1.57. The molecule has 0 radical (unpaired) electrons. The van der Waals surface area contributed by atoms with Crippen LogP contribution in [0.25, 0.3) is 182 Å². The van der Waals surface area contributed by atoms with Gasteiger partial charge in [-0.3, -0.25) is 0 Å². The van der Waals surface area contributed by atoms with Gasteiger partial charge >= 0.3 is 0 Å². The number of hydrogen-bond acceptors (Lipinski definition) is 4. The van der Waals surface area contributed by atoms with Gasteiger partial charge in [0, 0.05) is 81.4 Å². The fourth-order valence-electron chi connectivity index (χ4n) is 14.2. The molecule has 20 rings (SSSR count). The van der Waals surface area contributed by atoms with Crippen LogP contribution in [-0.2, 0) is 0 Å². The Morgan fingerprint density at radius 3 is 1.34 bits per heavy atom. The summed E-state index contributed by atoms with van der Waals surface area (Å²) in [7, 11) is 0. The van der Waals surface area contributed by atoms with Crippen LogP contribution in [0.3, 0.4) is 0 Å². The second kappa shape index (κ2) is 21.3. The molecule has 0 amide bonds. The molecule has 1 N–H and O–H groups in total. The first-order valence-electron chi connectivity index (χ1n) is 30.7. The summed E-state index contributed by atoms with van der Waals surface area (Å²) in [5.41, 5.74) is 24.7. The van der Waals surface area contributed by atoms with Crippen molar-refractivity contribution in [2.24, 2.45) is 0 Å². The molecule has 91 heavy (non-hydrogen) atoms. The number of aromatic nitrogens is 6. The summed E-state index contributed by atoms with van der Waals surface area (Å²) in [6, 6.07) is 107. The quantitative estimate of drug-likeness (QED) is 0.186. The van der Waals surface area contributed by atoms with E-state index >= 15 is 0 Å². The zero-order chi connectivity index (χ0) is 60.1. The molecule has 424 valence electrons. The van der Waals surface area contributed by atoms with Crippen LogP contribution in [0.1, 0.15) is 0 Å². The van der Waals surface area contributed by atoms with E-state index in [9.17, 15) is 0 Å². The SMILES string of the molecule is Brc1ccc(-c2nc(-c3ccccc3)c3ccccc3n2)cc1.c1cc2c3c(cccc3c1)-c1c-2ccc2c1[nH]c1ccccc12.c1ccc(-c2nc(-c3ccc(-n4c5ccccc5c5ccc6c(c54)-c4cccc5cccc-6c45)cc3)nc3ccccc23)cc1. The van der Waals surface area contributed by atoms with Gasteiger partial charge in [0.1, 0.15) is 0 Å². The summed E-state index contributed by atoms with van der Waals surface area (Å²) in [6.45, 7) is 0. The highest BCUT2D eigenvalue weighted by Gasteiger charge is 2.28. The van der Waals surface area contributed by atoms with Gasteiger partial charge in [0.15, 0.2) is 11.6 Å². The maximum absolute atomic E-state index is 5.11. The summed E-state index contributed by atoms with van der Waals surface area (Å²) in [5.74, 6) is 1.47. The third-order valence-corrected chi connectivity index (χ3v) is 18.8. The number of hydrogen-bond donors (Lipinski definition) is 1. The molecule has 0 spiro atoms. The van der Waals surface area contributed by atoms with Crippen LogP contribution in [0, 0.1) is 0 Å². The molecule has 0 unspecified atom stereocenters. The number of nitrogens with zero attached hydrogens (tertiary/aromatic N) is 5. The first-order valence-corrected chi connectivity index (χ1v) is 31.5. The van der Waals surface area contributed by atoms with Gasteiger partial charge in [-0.1, -0.05) is 259 Å². The lowest BCUT2D eigenvalue weighted by Gasteiger charge is -2.13. The van der Waals surface area contributed by atoms with Crippen LogP contribution in [0.4, 0.5) is 0 Å². The molecule has 2 aliphatic carbocycles. The smallest absolute Gasteiger partial charge is 0.160 e. The van der Waals surface area contributed by atoms with Crippen LogP contribution < -0.4 is 0 Å². The predicted molar refractivity (Wildman–Crippen MR) is 383 cm³/mol. The van der Waals surface area contributed by atoms with Crippen LogP contribution >= 0.6 is 15.9 Å². The molecule has 6 nitrogen and oxygen atoms in total. The predicted octanol–water partition coefficient (Wildman–Crippen LogP) is 22.7. The number of fused-ring (bicyclic) bond motifs is 16. The molecule has 0 atom stereocenters. The van der Waals surface area contributed by atoms with Crippen molar-refractivity contribution in [1.82, 2.24) is 29.5 Å². The fraction of sp³-hybridized carbons (Fsp3) is 0. The van der Waals surface area contributed by atoms with E-state index in [0.29, 0.717) is 0 Å². The monoisotopic (exact) mass is 1220 g/mol. The molecule has 0 fully saturated rings. The number of aromatic amines is 1. The van der Waals surface area contributed by atoms with Crippen molar-refractivity contribution in [1.29, 1.82) is 0 Å².